The van der Waals surface area contributed by atoms with Crippen molar-refractivity contribution in [3.8, 4) is 0 Å². The van der Waals surface area contributed by atoms with E-state index in [0.717, 1.165) is 148 Å². The molecule has 0 saturated carbocycles. The fraction of sp³-hybridized carbons (Fsp3) is 0.630. The van der Waals surface area contributed by atoms with E-state index in [0.29, 0.717) is 17.4 Å². The second-order valence-electron chi connectivity index (χ2n) is 28.0. The maximum Gasteiger partial charge on any atom is 0.472 e. The lowest BCUT2D eigenvalue weighted by atomic mass is 10.0. The van der Waals surface area contributed by atoms with E-state index in [9.17, 15) is 19.0 Å². The van der Waals surface area contributed by atoms with Gasteiger partial charge in [-0.15, -0.1) is 0 Å². The molecule has 0 saturated heterocycles. The van der Waals surface area contributed by atoms with Crippen LogP contribution in [0.5, 0.6) is 0 Å². The molecule has 0 aliphatic heterocycles. The summed E-state index contributed by atoms with van der Waals surface area (Å²) in [5.41, 5.74) is 0. The Morgan fingerprint density at radius 2 is 0.529 bits per heavy atom. The van der Waals surface area contributed by atoms with E-state index in [-0.39, 0.29) is 32.0 Å². The molecule has 0 aromatic heterocycles. The highest BCUT2D eigenvalue weighted by atomic mass is 31.2. The highest BCUT2D eigenvalue weighted by Gasteiger charge is 2.27. The number of nitrogens with zero attached hydrogens (tertiary/aromatic N) is 1. The average molecular weight is 1430 g/mol. The minimum Gasteiger partial charge on any atom is -0.462 e. The molecule has 10 heteroatoms. The first-order chi connectivity index (χ1) is 50.0. The monoisotopic (exact) mass is 1430 g/mol. The van der Waals surface area contributed by atoms with E-state index in [1.165, 1.54) is 141 Å². The lowest BCUT2D eigenvalue weighted by molar-refractivity contribution is -0.870. The standard InChI is InChI=1S/C92H152NO8P/c1-6-8-10-12-14-16-18-20-22-24-26-28-30-32-34-36-38-40-42-44-46-48-50-52-54-56-58-60-62-64-66-68-70-72-74-76-78-80-82-84-91(94)98-88-90(89-100-102(96,97)99-87-86-93(3,4)5)101-92(95)85-83-81-79-77-75-73-71-69-67-65-63-61-59-57-55-53-51-49-47-45-43-41-39-37-35-33-31-29-27-25-23-21-19-17-15-13-11-9-7-2/h8-11,14-17,20-23,26-29,32-35,38-41,45,47,51,53,57,59,63,65,90H,6-7,12-13,18-19,24-25,30-31,36-37,42-44,46,48-50,52,54-56,58,60-62,64,66-89H2,1-5H3/p+1/b10-8-,11-9-,16-14-,17-15-,22-20-,23-21-,28-26-,29-27-,34-32-,35-33-,40-38-,41-39-,47-45-,53-51-,59-57-,65-63-. The Morgan fingerprint density at radius 3 is 0.784 bits per heavy atom. The van der Waals surface area contributed by atoms with Gasteiger partial charge < -0.3 is 18.9 Å². The minimum atomic E-state index is -4.41. The van der Waals surface area contributed by atoms with Crippen molar-refractivity contribution < 1.29 is 42.1 Å². The normalized spacial score (nSPS) is 14.1. The molecule has 0 aliphatic carbocycles. The Bertz CT molecular complexity index is 2440. The fourth-order valence-electron chi connectivity index (χ4n) is 10.9. The number of esters is 2. The summed E-state index contributed by atoms with van der Waals surface area (Å²) >= 11 is 0. The predicted octanol–water partition coefficient (Wildman–Crippen LogP) is 27.9. The van der Waals surface area contributed by atoms with E-state index in [4.69, 9.17) is 18.5 Å². The number of unbranched alkanes of at least 4 members (excludes halogenated alkanes) is 28. The predicted molar refractivity (Wildman–Crippen MR) is 445 cm³/mol. The van der Waals surface area contributed by atoms with Crippen molar-refractivity contribution in [1.82, 2.24) is 0 Å². The number of likely N-dealkylation sites (N-methyl/N-ethyl adjacent to an activating group) is 1. The summed E-state index contributed by atoms with van der Waals surface area (Å²) in [7, 11) is 1.46. The van der Waals surface area contributed by atoms with Crippen LogP contribution in [0.4, 0.5) is 0 Å². The first kappa shape index (κ1) is 96.8. The van der Waals surface area contributed by atoms with Gasteiger partial charge in [0, 0.05) is 12.8 Å². The molecule has 0 fully saturated rings. The van der Waals surface area contributed by atoms with Gasteiger partial charge in [-0.25, -0.2) is 4.57 Å². The molecule has 0 aliphatic rings. The van der Waals surface area contributed by atoms with Gasteiger partial charge in [0.1, 0.15) is 19.8 Å². The number of carbonyl (C=O) groups is 2. The van der Waals surface area contributed by atoms with Crippen molar-refractivity contribution in [3.63, 3.8) is 0 Å². The number of phosphoric ester groups is 1. The Balaban J connectivity index is 4.03. The third-order valence-corrected chi connectivity index (χ3v) is 18.1. The molecule has 0 aromatic rings. The Labute approximate surface area is 628 Å². The van der Waals surface area contributed by atoms with Crippen molar-refractivity contribution in [3.05, 3.63) is 194 Å². The number of rotatable bonds is 74. The number of hydrogen-bond donors (Lipinski definition) is 1. The Morgan fingerprint density at radius 1 is 0.304 bits per heavy atom. The van der Waals surface area contributed by atoms with Crippen molar-refractivity contribution in [2.75, 3.05) is 47.5 Å². The third-order valence-electron chi connectivity index (χ3n) is 17.1. The van der Waals surface area contributed by atoms with Gasteiger partial charge in [-0.05, 0) is 141 Å². The molecule has 1 N–H and O–H groups in total. The molecule has 0 spiro atoms. The summed E-state index contributed by atoms with van der Waals surface area (Å²) in [5, 5.41) is 0. The van der Waals surface area contributed by atoms with Crippen LogP contribution in [0.3, 0.4) is 0 Å². The van der Waals surface area contributed by atoms with Crippen LogP contribution in [0.2, 0.25) is 0 Å². The molecule has 9 nitrogen and oxygen atoms in total. The van der Waals surface area contributed by atoms with Crippen molar-refractivity contribution in [2.24, 2.45) is 0 Å². The Hall–Kier alpha value is -5.15. The molecule has 578 valence electrons. The number of phosphoric acid groups is 1. The quantitative estimate of drug-likeness (QED) is 0.0211. The molecule has 2 unspecified atom stereocenters. The zero-order valence-electron chi connectivity index (χ0n) is 66.0. The lowest BCUT2D eigenvalue weighted by Gasteiger charge is -2.24. The van der Waals surface area contributed by atoms with Crippen molar-refractivity contribution in [2.45, 2.75) is 328 Å². The zero-order chi connectivity index (χ0) is 74.0. The summed E-state index contributed by atoms with van der Waals surface area (Å²) < 4.78 is 34.8. The van der Waals surface area contributed by atoms with Crippen LogP contribution in [0.15, 0.2) is 194 Å². The van der Waals surface area contributed by atoms with Gasteiger partial charge in [0.25, 0.3) is 0 Å². The molecule has 0 rings (SSSR count). The van der Waals surface area contributed by atoms with E-state index in [2.05, 4.69) is 208 Å². The average Bonchev–Trinajstić information content (AvgIpc) is 0.914. The molecule has 102 heavy (non-hydrogen) atoms. The molecule has 0 heterocycles. The molecular formula is C92H153NO8P+. The lowest BCUT2D eigenvalue weighted by Crippen LogP contribution is -2.37. The summed E-state index contributed by atoms with van der Waals surface area (Å²) in [6, 6.07) is 0. The number of carbonyl (C=O) groups excluding carboxylic acids is 2. The largest absolute Gasteiger partial charge is 0.472 e. The summed E-state index contributed by atoms with van der Waals surface area (Å²) in [6.45, 7) is 4.20. The second-order valence-corrected chi connectivity index (χ2v) is 29.5. The fourth-order valence-corrected chi connectivity index (χ4v) is 11.7. The van der Waals surface area contributed by atoms with Gasteiger partial charge in [-0.2, -0.15) is 0 Å². The topological polar surface area (TPSA) is 108 Å². The minimum absolute atomic E-state index is 0.0225. The maximum absolute atomic E-state index is 12.9. The van der Waals surface area contributed by atoms with Gasteiger partial charge in [0.2, 0.25) is 0 Å². The number of hydrogen-bond acceptors (Lipinski definition) is 7. The second kappa shape index (κ2) is 80.0. The van der Waals surface area contributed by atoms with Gasteiger partial charge in [-0.1, -0.05) is 362 Å². The van der Waals surface area contributed by atoms with Crippen LogP contribution < -0.4 is 0 Å². The van der Waals surface area contributed by atoms with Crippen LogP contribution >= 0.6 is 7.82 Å². The number of ether oxygens (including phenoxy) is 2. The van der Waals surface area contributed by atoms with Gasteiger partial charge >= 0.3 is 19.8 Å². The molecule has 0 bridgehead atoms. The van der Waals surface area contributed by atoms with E-state index in [1.54, 1.807) is 0 Å². The zero-order valence-corrected chi connectivity index (χ0v) is 66.9. The van der Waals surface area contributed by atoms with Gasteiger partial charge in [-0.3, -0.25) is 18.6 Å². The van der Waals surface area contributed by atoms with Crippen LogP contribution in [0, 0.1) is 0 Å². The summed E-state index contributed by atoms with van der Waals surface area (Å²) in [6.07, 6.45) is 124. The maximum atomic E-state index is 12.9. The molecule has 0 aromatic carbocycles. The van der Waals surface area contributed by atoms with Crippen molar-refractivity contribution in [1.29, 1.82) is 0 Å². The van der Waals surface area contributed by atoms with Crippen LogP contribution in [0.25, 0.3) is 0 Å². The van der Waals surface area contributed by atoms with Gasteiger partial charge in [0.15, 0.2) is 6.10 Å². The molecule has 0 amide bonds. The number of allylic oxidation sites excluding steroid dienone is 32. The summed E-state index contributed by atoms with van der Waals surface area (Å²) in [4.78, 5) is 36.0. The van der Waals surface area contributed by atoms with Crippen molar-refractivity contribution >= 4 is 19.8 Å². The first-order valence-electron chi connectivity index (χ1n) is 41.2. The Kier molecular flexibility index (Phi) is 75.9. The van der Waals surface area contributed by atoms with E-state index >= 15 is 0 Å². The molecule has 2 atom stereocenters. The highest BCUT2D eigenvalue weighted by molar-refractivity contribution is 7.47. The summed E-state index contributed by atoms with van der Waals surface area (Å²) in [5.74, 6) is -0.808. The number of quaternary nitrogens is 1. The highest BCUT2D eigenvalue weighted by Crippen LogP contribution is 2.43. The van der Waals surface area contributed by atoms with E-state index in [1.807, 2.05) is 21.1 Å². The third kappa shape index (κ3) is 83.8. The smallest absolute Gasteiger partial charge is 0.462 e. The SMILES string of the molecule is CC/C=C\C/C=C\C/C=C\C/C=C\C/C=C\C/C=C\C/C=C\C/C=C\C/C=C\C/C=C\CCCCCCCCCCC(=O)OC(COC(=O)CCCCCCCCCCCCCCCCCCCCCC/C=C\C/C=C\C/C=C\C/C=C\C/C=C\C/C=C\CC)COP(=O)(O)OCC[N+](C)(C)C. The molecular weight excluding hydrogens is 1280 g/mol. The van der Waals surface area contributed by atoms with Crippen LogP contribution in [-0.4, -0.2) is 74.9 Å². The first-order valence-corrected chi connectivity index (χ1v) is 42.7. The van der Waals surface area contributed by atoms with E-state index < -0.39 is 26.5 Å². The van der Waals surface area contributed by atoms with Crippen LogP contribution in [0.1, 0.15) is 322 Å². The van der Waals surface area contributed by atoms with Crippen LogP contribution in [-0.2, 0) is 32.7 Å². The van der Waals surface area contributed by atoms with Gasteiger partial charge in [0.05, 0.1) is 27.7 Å². The molecule has 0 radical (unpaired) electrons.